The molecule has 0 fully saturated rings. The molecule has 146 valence electrons. The number of rotatable bonds is 5. The SMILES string of the molecule is CCc1nn2c(C)c(C(=O)Nc3cccc(OC)c3)nnc2c1-c1ccccc1. The van der Waals surface area contributed by atoms with Gasteiger partial charge < -0.3 is 10.1 Å². The maximum absolute atomic E-state index is 12.8. The van der Waals surface area contributed by atoms with E-state index in [2.05, 4.69) is 15.5 Å². The first-order valence-electron chi connectivity index (χ1n) is 9.38. The van der Waals surface area contributed by atoms with Crippen LogP contribution in [-0.4, -0.2) is 32.8 Å². The maximum atomic E-state index is 12.8. The third-order valence-corrected chi connectivity index (χ3v) is 4.78. The molecule has 0 saturated carbocycles. The smallest absolute Gasteiger partial charge is 0.278 e. The molecule has 0 bridgehead atoms. The van der Waals surface area contributed by atoms with E-state index in [0.717, 1.165) is 23.2 Å². The third-order valence-electron chi connectivity index (χ3n) is 4.78. The Hall–Kier alpha value is -3.74. The van der Waals surface area contributed by atoms with Gasteiger partial charge in [-0.2, -0.15) is 5.10 Å². The molecule has 0 saturated heterocycles. The molecule has 2 aromatic carbocycles. The van der Waals surface area contributed by atoms with Crippen molar-refractivity contribution in [3.8, 4) is 16.9 Å². The number of carbonyl (C=O) groups excluding carboxylic acids is 1. The molecule has 7 nitrogen and oxygen atoms in total. The van der Waals surface area contributed by atoms with Crippen LogP contribution >= 0.6 is 0 Å². The molecule has 7 heteroatoms. The lowest BCUT2D eigenvalue weighted by molar-refractivity contribution is 0.102. The number of fused-ring (bicyclic) bond motifs is 1. The van der Waals surface area contributed by atoms with Crippen LogP contribution in [0.25, 0.3) is 16.8 Å². The van der Waals surface area contributed by atoms with Crippen molar-refractivity contribution in [2.24, 2.45) is 0 Å². The number of anilines is 1. The highest BCUT2D eigenvalue weighted by molar-refractivity contribution is 6.03. The fourth-order valence-corrected chi connectivity index (χ4v) is 3.30. The van der Waals surface area contributed by atoms with Crippen molar-refractivity contribution in [2.75, 3.05) is 12.4 Å². The monoisotopic (exact) mass is 387 g/mol. The Labute approximate surface area is 168 Å². The van der Waals surface area contributed by atoms with Crippen LogP contribution in [0, 0.1) is 6.92 Å². The molecule has 29 heavy (non-hydrogen) atoms. The Morgan fingerprint density at radius 3 is 2.62 bits per heavy atom. The highest BCUT2D eigenvalue weighted by atomic mass is 16.5. The molecule has 0 unspecified atom stereocenters. The first-order chi connectivity index (χ1) is 14.1. The van der Waals surface area contributed by atoms with Gasteiger partial charge >= 0.3 is 0 Å². The number of aryl methyl sites for hydroxylation is 2. The summed E-state index contributed by atoms with van der Waals surface area (Å²) in [7, 11) is 1.58. The van der Waals surface area contributed by atoms with E-state index in [0.29, 0.717) is 22.8 Å². The van der Waals surface area contributed by atoms with Crippen LogP contribution in [0.4, 0.5) is 5.69 Å². The summed E-state index contributed by atoms with van der Waals surface area (Å²) in [4.78, 5) is 12.8. The summed E-state index contributed by atoms with van der Waals surface area (Å²) in [6.45, 7) is 3.87. The fourth-order valence-electron chi connectivity index (χ4n) is 3.30. The molecule has 0 aliphatic rings. The Kier molecular flexibility index (Phi) is 4.95. The minimum absolute atomic E-state index is 0.227. The maximum Gasteiger partial charge on any atom is 0.278 e. The number of hydrogen-bond donors (Lipinski definition) is 1. The minimum atomic E-state index is -0.347. The summed E-state index contributed by atoms with van der Waals surface area (Å²) in [5.41, 5.74) is 5.01. The number of methoxy groups -OCH3 is 1. The van der Waals surface area contributed by atoms with Gasteiger partial charge in [-0.1, -0.05) is 43.3 Å². The second kappa shape index (κ2) is 7.71. The second-order valence-corrected chi connectivity index (χ2v) is 6.60. The Balaban J connectivity index is 1.75. The Bertz CT molecular complexity index is 1180. The molecule has 0 atom stereocenters. The van der Waals surface area contributed by atoms with E-state index < -0.39 is 0 Å². The van der Waals surface area contributed by atoms with Gasteiger partial charge in [0.15, 0.2) is 11.3 Å². The summed E-state index contributed by atoms with van der Waals surface area (Å²) >= 11 is 0. The average Bonchev–Trinajstić information content (AvgIpc) is 3.14. The van der Waals surface area contributed by atoms with Crippen LogP contribution in [0.5, 0.6) is 5.75 Å². The number of ether oxygens (including phenoxy) is 1. The van der Waals surface area contributed by atoms with Gasteiger partial charge in [0, 0.05) is 11.8 Å². The molecule has 4 aromatic rings. The van der Waals surface area contributed by atoms with Crippen molar-refractivity contribution in [2.45, 2.75) is 20.3 Å². The van der Waals surface area contributed by atoms with E-state index in [-0.39, 0.29) is 11.6 Å². The molecular weight excluding hydrogens is 366 g/mol. The quantitative estimate of drug-likeness (QED) is 0.561. The zero-order chi connectivity index (χ0) is 20.4. The number of amides is 1. The van der Waals surface area contributed by atoms with Gasteiger partial charge in [-0.15, -0.1) is 10.2 Å². The second-order valence-electron chi connectivity index (χ2n) is 6.60. The normalized spacial score (nSPS) is 10.9. The molecule has 0 radical (unpaired) electrons. The summed E-state index contributed by atoms with van der Waals surface area (Å²) in [6, 6.07) is 17.1. The van der Waals surface area contributed by atoms with Crippen molar-refractivity contribution >= 4 is 17.2 Å². The predicted octanol–water partition coefficient (Wildman–Crippen LogP) is 3.92. The number of aromatic nitrogens is 4. The van der Waals surface area contributed by atoms with E-state index >= 15 is 0 Å². The molecule has 0 aliphatic heterocycles. The van der Waals surface area contributed by atoms with Crippen LogP contribution in [0.2, 0.25) is 0 Å². The van der Waals surface area contributed by atoms with Crippen LogP contribution < -0.4 is 10.1 Å². The van der Waals surface area contributed by atoms with E-state index in [1.54, 1.807) is 23.8 Å². The predicted molar refractivity (Wildman–Crippen MR) is 111 cm³/mol. The van der Waals surface area contributed by atoms with Gasteiger partial charge in [-0.3, -0.25) is 4.79 Å². The topological polar surface area (TPSA) is 81.4 Å². The minimum Gasteiger partial charge on any atom is -0.497 e. The van der Waals surface area contributed by atoms with Gasteiger partial charge in [-0.25, -0.2) is 4.52 Å². The average molecular weight is 387 g/mol. The number of carbonyl (C=O) groups is 1. The third kappa shape index (κ3) is 3.42. The van der Waals surface area contributed by atoms with Crippen molar-refractivity contribution in [1.29, 1.82) is 0 Å². The highest BCUT2D eigenvalue weighted by Gasteiger charge is 2.21. The van der Waals surface area contributed by atoms with Crippen molar-refractivity contribution < 1.29 is 9.53 Å². The van der Waals surface area contributed by atoms with Gasteiger partial charge in [0.1, 0.15) is 5.75 Å². The van der Waals surface area contributed by atoms with Crippen molar-refractivity contribution in [3.63, 3.8) is 0 Å². The first kappa shape index (κ1) is 18.6. The summed E-state index contributed by atoms with van der Waals surface area (Å²) in [5, 5.41) is 16.1. The van der Waals surface area contributed by atoms with Gasteiger partial charge in [-0.05, 0) is 31.0 Å². The van der Waals surface area contributed by atoms with Gasteiger partial charge in [0.25, 0.3) is 5.91 Å². The first-order valence-corrected chi connectivity index (χ1v) is 9.38. The van der Waals surface area contributed by atoms with Gasteiger partial charge in [0.2, 0.25) is 0 Å². The summed E-state index contributed by atoms with van der Waals surface area (Å²) < 4.78 is 6.90. The summed E-state index contributed by atoms with van der Waals surface area (Å²) in [6.07, 6.45) is 0.748. The highest BCUT2D eigenvalue weighted by Crippen LogP contribution is 2.28. The molecule has 2 aromatic heterocycles. The zero-order valence-electron chi connectivity index (χ0n) is 16.5. The lowest BCUT2D eigenvalue weighted by Gasteiger charge is -2.09. The van der Waals surface area contributed by atoms with E-state index in [9.17, 15) is 4.79 Å². The van der Waals surface area contributed by atoms with Crippen LogP contribution in [0.3, 0.4) is 0 Å². The van der Waals surface area contributed by atoms with Crippen LogP contribution in [0.15, 0.2) is 54.6 Å². The molecule has 0 aliphatic carbocycles. The van der Waals surface area contributed by atoms with E-state index in [1.807, 2.05) is 56.3 Å². The lowest BCUT2D eigenvalue weighted by atomic mass is 10.0. The molecule has 1 N–H and O–H groups in total. The molecule has 0 spiro atoms. The Morgan fingerprint density at radius 1 is 1.10 bits per heavy atom. The molecule has 4 rings (SSSR count). The van der Waals surface area contributed by atoms with E-state index in [4.69, 9.17) is 9.84 Å². The standard InChI is InChI=1S/C22H21N5O2/c1-4-18-19(15-9-6-5-7-10-15)21-25-24-20(14(2)27(21)26-18)22(28)23-16-11-8-12-17(13-16)29-3/h5-13H,4H2,1-3H3,(H,23,28). The summed E-state index contributed by atoms with van der Waals surface area (Å²) in [5.74, 6) is 0.313. The Morgan fingerprint density at radius 2 is 1.90 bits per heavy atom. The number of nitrogens with one attached hydrogen (secondary N) is 1. The zero-order valence-corrected chi connectivity index (χ0v) is 16.5. The lowest BCUT2D eigenvalue weighted by Crippen LogP contribution is -2.18. The fraction of sp³-hybridized carbons (Fsp3) is 0.182. The van der Waals surface area contributed by atoms with Crippen molar-refractivity contribution in [1.82, 2.24) is 19.8 Å². The number of benzene rings is 2. The number of hydrogen-bond acceptors (Lipinski definition) is 5. The van der Waals surface area contributed by atoms with Gasteiger partial charge in [0.05, 0.1) is 24.1 Å². The van der Waals surface area contributed by atoms with E-state index in [1.165, 1.54) is 0 Å². The molecular formula is C22H21N5O2. The largest absolute Gasteiger partial charge is 0.497 e. The van der Waals surface area contributed by atoms with Crippen LogP contribution in [0.1, 0.15) is 28.8 Å². The van der Waals surface area contributed by atoms with Crippen LogP contribution in [-0.2, 0) is 6.42 Å². The molecule has 2 heterocycles. The van der Waals surface area contributed by atoms with Crippen molar-refractivity contribution in [3.05, 3.63) is 71.7 Å². The number of nitrogens with zero attached hydrogens (tertiary/aromatic N) is 4. The molecule has 1 amide bonds.